The quantitative estimate of drug-likeness (QED) is 0.844. The highest BCUT2D eigenvalue weighted by Gasteiger charge is 2.42. The minimum atomic E-state index is 0.249. The highest BCUT2D eigenvalue weighted by atomic mass is 16.5. The molecule has 0 aromatic carbocycles. The van der Waals surface area contributed by atoms with Crippen molar-refractivity contribution in [2.75, 3.05) is 19.7 Å². The van der Waals surface area contributed by atoms with Crippen LogP contribution in [0.2, 0.25) is 0 Å². The van der Waals surface area contributed by atoms with Gasteiger partial charge in [0.25, 0.3) is 0 Å². The zero-order chi connectivity index (χ0) is 14.5. The zero-order valence-corrected chi connectivity index (χ0v) is 13.7. The van der Waals surface area contributed by atoms with Crippen molar-refractivity contribution in [3.63, 3.8) is 0 Å². The molecule has 0 radical (unpaired) electrons. The molecule has 3 aliphatic rings. The Balaban J connectivity index is 1.65. The first-order valence-electron chi connectivity index (χ1n) is 9.43. The largest absolute Gasteiger partial charge is 0.375 e. The second-order valence-electron chi connectivity index (χ2n) is 7.56. The van der Waals surface area contributed by atoms with Gasteiger partial charge in [0.15, 0.2) is 0 Å². The maximum Gasteiger partial charge on any atom is 0.0697 e. The first kappa shape index (κ1) is 15.8. The number of hydrogen-bond acceptors (Lipinski definition) is 3. The Kier molecular flexibility index (Phi) is 5.58. The van der Waals surface area contributed by atoms with E-state index in [1.54, 1.807) is 0 Å². The molecule has 1 aliphatic heterocycles. The molecule has 1 atom stereocenters. The molecule has 21 heavy (non-hydrogen) atoms. The molecule has 3 nitrogen and oxygen atoms in total. The summed E-state index contributed by atoms with van der Waals surface area (Å²) in [5.74, 6) is 0. The lowest BCUT2D eigenvalue weighted by molar-refractivity contribution is -0.108. The van der Waals surface area contributed by atoms with Crippen LogP contribution in [0.15, 0.2) is 0 Å². The first-order valence-corrected chi connectivity index (χ1v) is 9.43. The minimum Gasteiger partial charge on any atom is -0.375 e. The Morgan fingerprint density at radius 2 is 1.71 bits per heavy atom. The van der Waals surface area contributed by atoms with Gasteiger partial charge >= 0.3 is 0 Å². The molecule has 1 saturated heterocycles. The lowest BCUT2D eigenvalue weighted by Crippen LogP contribution is -2.52. The van der Waals surface area contributed by atoms with Gasteiger partial charge in [-0.3, -0.25) is 4.90 Å². The molecular weight excluding hydrogens is 260 g/mol. The molecule has 0 amide bonds. The summed E-state index contributed by atoms with van der Waals surface area (Å²) in [7, 11) is 0. The molecule has 0 bridgehead atoms. The van der Waals surface area contributed by atoms with Crippen LogP contribution >= 0.6 is 0 Å². The molecule has 1 unspecified atom stereocenters. The van der Waals surface area contributed by atoms with E-state index in [4.69, 9.17) is 10.5 Å². The van der Waals surface area contributed by atoms with Crippen molar-refractivity contribution >= 4 is 0 Å². The maximum atomic E-state index is 6.25. The Labute approximate surface area is 130 Å². The molecule has 3 rings (SSSR count). The van der Waals surface area contributed by atoms with Crippen LogP contribution in [0.5, 0.6) is 0 Å². The van der Waals surface area contributed by atoms with Crippen LogP contribution in [-0.4, -0.2) is 42.3 Å². The molecule has 1 heterocycles. The van der Waals surface area contributed by atoms with Gasteiger partial charge in [-0.25, -0.2) is 0 Å². The predicted molar refractivity (Wildman–Crippen MR) is 87.4 cm³/mol. The average molecular weight is 294 g/mol. The number of nitrogens with two attached hydrogens (primary N) is 1. The zero-order valence-electron chi connectivity index (χ0n) is 13.7. The highest BCUT2D eigenvalue weighted by Crippen LogP contribution is 2.42. The topological polar surface area (TPSA) is 38.5 Å². The lowest BCUT2D eigenvalue weighted by Gasteiger charge is -2.46. The van der Waals surface area contributed by atoms with Gasteiger partial charge in [-0.15, -0.1) is 0 Å². The number of ether oxygens (including phenoxy) is 1. The van der Waals surface area contributed by atoms with E-state index in [9.17, 15) is 0 Å². The third-order valence-corrected chi connectivity index (χ3v) is 6.11. The fourth-order valence-electron chi connectivity index (χ4n) is 5.00. The van der Waals surface area contributed by atoms with E-state index in [1.165, 1.54) is 77.2 Å². The average Bonchev–Trinajstić information content (AvgIpc) is 2.97. The van der Waals surface area contributed by atoms with Crippen molar-refractivity contribution in [1.29, 1.82) is 0 Å². The molecular formula is C18H34N2O. The van der Waals surface area contributed by atoms with E-state index in [0.717, 1.165) is 31.7 Å². The second kappa shape index (κ2) is 7.43. The summed E-state index contributed by atoms with van der Waals surface area (Å²) in [6, 6.07) is 1.58. The van der Waals surface area contributed by atoms with Gasteiger partial charge in [0, 0.05) is 18.7 Å². The van der Waals surface area contributed by atoms with Crippen molar-refractivity contribution in [2.45, 2.75) is 94.7 Å². The summed E-state index contributed by atoms with van der Waals surface area (Å²) < 4.78 is 6.25. The van der Waals surface area contributed by atoms with Crippen LogP contribution in [0.3, 0.4) is 0 Å². The van der Waals surface area contributed by atoms with Crippen molar-refractivity contribution < 1.29 is 4.74 Å². The number of nitrogens with zero attached hydrogens (tertiary/aromatic N) is 1. The normalized spacial score (nSPS) is 30.3. The predicted octanol–water partition coefficient (Wildman–Crippen LogP) is 3.46. The molecule has 2 aliphatic carbocycles. The summed E-state index contributed by atoms with van der Waals surface area (Å²) in [6.45, 7) is 3.02. The monoisotopic (exact) mass is 294 g/mol. The summed E-state index contributed by atoms with van der Waals surface area (Å²) in [5.41, 5.74) is 6.05. The van der Waals surface area contributed by atoms with Crippen molar-refractivity contribution in [2.24, 2.45) is 5.73 Å². The van der Waals surface area contributed by atoms with Crippen LogP contribution in [0, 0.1) is 0 Å². The van der Waals surface area contributed by atoms with Gasteiger partial charge in [0.05, 0.1) is 5.60 Å². The van der Waals surface area contributed by atoms with E-state index < -0.39 is 0 Å². The molecule has 0 aromatic rings. The van der Waals surface area contributed by atoms with Crippen LogP contribution in [0.1, 0.15) is 77.0 Å². The Hall–Kier alpha value is -0.120. The summed E-state index contributed by atoms with van der Waals surface area (Å²) >= 11 is 0. The van der Waals surface area contributed by atoms with E-state index in [0.29, 0.717) is 0 Å². The Morgan fingerprint density at radius 1 is 0.952 bits per heavy atom. The van der Waals surface area contributed by atoms with Crippen molar-refractivity contribution in [3.8, 4) is 0 Å². The molecule has 122 valence electrons. The molecule has 3 fully saturated rings. The lowest BCUT2D eigenvalue weighted by atomic mass is 9.85. The number of rotatable bonds is 5. The van der Waals surface area contributed by atoms with Crippen molar-refractivity contribution in [1.82, 2.24) is 4.90 Å². The molecule has 1 spiro atoms. The van der Waals surface area contributed by atoms with E-state index in [2.05, 4.69) is 4.90 Å². The van der Waals surface area contributed by atoms with E-state index >= 15 is 0 Å². The molecule has 0 aromatic heterocycles. The summed E-state index contributed by atoms with van der Waals surface area (Å²) in [6.07, 6.45) is 16.2. The number of hydrogen-bond donors (Lipinski definition) is 1. The van der Waals surface area contributed by atoms with Gasteiger partial charge in [0.1, 0.15) is 0 Å². The van der Waals surface area contributed by atoms with Crippen LogP contribution < -0.4 is 5.73 Å². The third kappa shape index (κ3) is 3.80. The SMILES string of the molecule is NCCCN(C1CCCCC1)C1CCOC2(CCCC2)C1. The minimum absolute atomic E-state index is 0.249. The van der Waals surface area contributed by atoms with Gasteiger partial charge in [-0.1, -0.05) is 32.1 Å². The molecule has 2 saturated carbocycles. The first-order chi connectivity index (χ1) is 10.3. The van der Waals surface area contributed by atoms with Crippen LogP contribution in [0.25, 0.3) is 0 Å². The molecule has 3 heteroatoms. The van der Waals surface area contributed by atoms with Gasteiger partial charge in [0.2, 0.25) is 0 Å². The summed E-state index contributed by atoms with van der Waals surface area (Å²) in [5, 5.41) is 0. The smallest absolute Gasteiger partial charge is 0.0697 e. The van der Waals surface area contributed by atoms with E-state index in [-0.39, 0.29) is 5.60 Å². The van der Waals surface area contributed by atoms with Crippen molar-refractivity contribution in [3.05, 3.63) is 0 Å². The van der Waals surface area contributed by atoms with Gasteiger partial charge in [-0.2, -0.15) is 0 Å². The highest BCUT2D eigenvalue weighted by molar-refractivity contribution is 4.95. The van der Waals surface area contributed by atoms with Crippen LogP contribution in [0.4, 0.5) is 0 Å². The standard InChI is InChI=1S/C18H34N2O/c19-12-6-13-20(16-7-2-1-3-8-16)17-9-14-21-18(15-17)10-4-5-11-18/h16-17H,1-15,19H2. The third-order valence-electron chi connectivity index (χ3n) is 6.11. The fraction of sp³-hybridized carbons (Fsp3) is 1.00. The second-order valence-corrected chi connectivity index (χ2v) is 7.56. The van der Waals surface area contributed by atoms with E-state index in [1.807, 2.05) is 0 Å². The summed E-state index contributed by atoms with van der Waals surface area (Å²) in [4.78, 5) is 2.86. The Morgan fingerprint density at radius 3 is 2.43 bits per heavy atom. The Bertz CT molecular complexity index is 308. The maximum absolute atomic E-state index is 6.25. The van der Waals surface area contributed by atoms with Crippen LogP contribution in [-0.2, 0) is 4.74 Å². The van der Waals surface area contributed by atoms with Gasteiger partial charge < -0.3 is 10.5 Å². The van der Waals surface area contributed by atoms with Gasteiger partial charge in [-0.05, 0) is 58.0 Å². The fourth-order valence-corrected chi connectivity index (χ4v) is 5.00. The molecule has 2 N–H and O–H groups in total.